The van der Waals surface area contributed by atoms with E-state index in [1.165, 1.54) is 13.2 Å². The lowest BCUT2D eigenvalue weighted by molar-refractivity contribution is 0.409. The zero-order chi connectivity index (χ0) is 13.8. The van der Waals surface area contributed by atoms with Crippen molar-refractivity contribution in [3.05, 3.63) is 45.7 Å². The molecule has 0 aliphatic heterocycles. The van der Waals surface area contributed by atoms with E-state index in [1.54, 1.807) is 23.5 Å². The summed E-state index contributed by atoms with van der Waals surface area (Å²) in [5.41, 5.74) is 1.64. The zero-order valence-corrected chi connectivity index (χ0v) is 12.1. The average Bonchev–Trinajstić information content (AvgIpc) is 2.81. The van der Waals surface area contributed by atoms with Gasteiger partial charge >= 0.3 is 0 Å². The Morgan fingerprint density at radius 2 is 2.26 bits per heavy atom. The number of nitrogens with one attached hydrogen (secondary N) is 1. The molecule has 19 heavy (non-hydrogen) atoms. The van der Waals surface area contributed by atoms with Gasteiger partial charge in [0.15, 0.2) is 0 Å². The van der Waals surface area contributed by atoms with Crippen molar-refractivity contribution in [2.45, 2.75) is 19.4 Å². The fourth-order valence-electron chi connectivity index (χ4n) is 1.96. The van der Waals surface area contributed by atoms with E-state index < -0.39 is 0 Å². The van der Waals surface area contributed by atoms with Crippen molar-refractivity contribution in [2.24, 2.45) is 0 Å². The van der Waals surface area contributed by atoms with Crippen LogP contribution in [0.3, 0.4) is 0 Å². The molecule has 0 radical (unpaired) electrons. The molecule has 1 N–H and O–H groups in total. The summed E-state index contributed by atoms with van der Waals surface area (Å²) in [6, 6.07) is 4.86. The number of likely N-dealkylation sites (N-methyl/N-ethyl adjacent to an activating group) is 1. The van der Waals surface area contributed by atoms with Crippen molar-refractivity contribution in [1.82, 2.24) is 10.3 Å². The van der Waals surface area contributed by atoms with Gasteiger partial charge in [0.25, 0.3) is 0 Å². The van der Waals surface area contributed by atoms with E-state index in [-0.39, 0.29) is 11.9 Å². The number of benzene rings is 1. The molecule has 0 saturated heterocycles. The summed E-state index contributed by atoms with van der Waals surface area (Å²) in [7, 11) is 3.36. The Hall–Kier alpha value is -1.46. The van der Waals surface area contributed by atoms with Crippen LogP contribution in [0.25, 0.3) is 0 Å². The van der Waals surface area contributed by atoms with Crippen LogP contribution in [0.4, 0.5) is 4.39 Å². The predicted molar refractivity (Wildman–Crippen MR) is 75.3 cm³/mol. The molecular formula is C14H17FN2OS. The molecule has 0 amide bonds. The van der Waals surface area contributed by atoms with Crippen molar-refractivity contribution in [3.63, 3.8) is 0 Å². The van der Waals surface area contributed by atoms with Crippen LogP contribution in [0.5, 0.6) is 5.75 Å². The smallest absolute Gasteiger partial charge is 0.131 e. The van der Waals surface area contributed by atoms with E-state index in [1.807, 2.05) is 19.4 Å². The number of aryl methyl sites for hydroxylation is 1. The normalized spacial score (nSPS) is 12.4. The molecule has 102 valence electrons. The number of methoxy groups -OCH3 is 1. The molecule has 0 aliphatic rings. The molecule has 0 fully saturated rings. The zero-order valence-electron chi connectivity index (χ0n) is 11.2. The fraction of sp³-hybridized carbons (Fsp3) is 0.357. The summed E-state index contributed by atoms with van der Waals surface area (Å²) in [6.45, 7) is 1.96. The SMILES string of the molecule is CNC(Cc1nc(C)cs1)c1ccc(OC)cc1F. The second-order valence-electron chi connectivity index (χ2n) is 4.32. The second-order valence-corrected chi connectivity index (χ2v) is 5.26. The number of aromatic nitrogens is 1. The van der Waals surface area contributed by atoms with Gasteiger partial charge in [-0.25, -0.2) is 9.37 Å². The maximum atomic E-state index is 14.0. The van der Waals surface area contributed by atoms with Gasteiger partial charge in [0.1, 0.15) is 11.6 Å². The van der Waals surface area contributed by atoms with E-state index in [2.05, 4.69) is 10.3 Å². The van der Waals surface area contributed by atoms with Crippen LogP contribution in [-0.4, -0.2) is 19.1 Å². The van der Waals surface area contributed by atoms with Crippen molar-refractivity contribution < 1.29 is 9.13 Å². The summed E-state index contributed by atoms with van der Waals surface area (Å²) in [5, 5.41) is 6.15. The van der Waals surface area contributed by atoms with E-state index in [0.717, 1.165) is 10.7 Å². The third-order valence-electron chi connectivity index (χ3n) is 2.98. The Morgan fingerprint density at radius 1 is 1.47 bits per heavy atom. The van der Waals surface area contributed by atoms with Crippen LogP contribution < -0.4 is 10.1 Å². The fourth-order valence-corrected chi connectivity index (χ4v) is 2.77. The number of ether oxygens (including phenoxy) is 1. The van der Waals surface area contributed by atoms with E-state index in [9.17, 15) is 4.39 Å². The Bertz CT molecular complexity index is 556. The van der Waals surface area contributed by atoms with Crippen molar-refractivity contribution in [3.8, 4) is 5.75 Å². The summed E-state index contributed by atoms with van der Waals surface area (Å²) < 4.78 is 19.1. The first kappa shape index (κ1) is 14.0. The first-order valence-electron chi connectivity index (χ1n) is 6.05. The Balaban J connectivity index is 2.21. The van der Waals surface area contributed by atoms with Crippen molar-refractivity contribution >= 4 is 11.3 Å². The van der Waals surface area contributed by atoms with Gasteiger partial charge in [0.2, 0.25) is 0 Å². The van der Waals surface area contributed by atoms with E-state index in [4.69, 9.17) is 4.74 Å². The second kappa shape index (κ2) is 6.12. The van der Waals surface area contributed by atoms with Crippen molar-refractivity contribution in [2.75, 3.05) is 14.2 Å². The summed E-state index contributed by atoms with van der Waals surface area (Å²) >= 11 is 1.60. The topological polar surface area (TPSA) is 34.2 Å². The molecule has 2 aromatic rings. The molecule has 1 atom stereocenters. The highest BCUT2D eigenvalue weighted by atomic mass is 32.1. The minimum Gasteiger partial charge on any atom is -0.497 e. The number of hydrogen-bond acceptors (Lipinski definition) is 4. The van der Waals surface area contributed by atoms with Crippen LogP contribution in [0, 0.1) is 12.7 Å². The van der Waals surface area contributed by atoms with E-state index in [0.29, 0.717) is 17.7 Å². The molecule has 1 aromatic heterocycles. The molecule has 1 unspecified atom stereocenters. The Morgan fingerprint density at radius 3 is 2.79 bits per heavy atom. The highest BCUT2D eigenvalue weighted by Crippen LogP contribution is 2.25. The van der Waals surface area contributed by atoms with Crippen LogP contribution in [-0.2, 0) is 6.42 Å². The number of nitrogens with zero attached hydrogens (tertiary/aromatic N) is 1. The first-order valence-corrected chi connectivity index (χ1v) is 6.93. The summed E-state index contributed by atoms with van der Waals surface area (Å²) in [4.78, 5) is 4.42. The maximum Gasteiger partial charge on any atom is 0.131 e. The standard InChI is InChI=1S/C14H17FN2OS/c1-9-8-19-14(17-9)7-13(16-2)11-5-4-10(18-3)6-12(11)15/h4-6,8,13,16H,7H2,1-3H3. The van der Waals surface area contributed by atoms with Crippen LogP contribution in [0.15, 0.2) is 23.6 Å². The lowest BCUT2D eigenvalue weighted by atomic mass is 10.0. The van der Waals surface area contributed by atoms with Gasteiger partial charge in [0, 0.05) is 35.2 Å². The first-order chi connectivity index (χ1) is 9.13. The number of rotatable bonds is 5. The summed E-state index contributed by atoms with van der Waals surface area (Å²) in [6.07, 6.45) is 0.679. The average molecular weight is 280 g/mol. The highest BCUT2D eigenvalue weighted by Gasteiger charge is 2.16. The van der Waals surface area contributed by atoms with Gasteiger partial charge in [-0.1, -0.05) is 6.07 Å². The molecule has 0 spiro atoms. The molecule has 3 nitrogen and oxygen atoms in total. The number of hydrogen-bond donors (Lipinski definition) is 1. The molecule has 1 heterocycles. The largest absolute Gasteiger partial charge is 0.497 e. The van der Waals surface area contributed by atoms with Gasteiger partial charge in [-0.3, -0.25) is 0 Å². The third kappa shape index (κ3) is 3.30. The molecule has 1 aromatic carbocycles. The Labute approximate surface area is 116 Å². The molecule has 0 saturated carbocycles. The molecule has 0 aliphatic carbocycles. The molecule has 0 bridgehead atoms. The Kier molecular flexibility index (Phi) is 4.50. The summed E-state index contributed by atoms with van der Waals surface area (Å²) in [5.74, 6) is 0.271. The monoisotopic (exact) mass is 280 g/mol. The molecular weight excluding hydrogens is 263 g/mol. The highest BCUT2D eigenvalue weighted by molar-refractivity contribution is 7.09. The third-order valence-corrected chi connectivity index (χ3v) is 3.97. The minimum absolute atomic E-state index is 0.0866. The van der Waals surface area contributed by atoms with Gasteiger partial charge in [-0.05, 0) is 20.0 Å². The maximum absolute atomic E-state index is 14.0. The van der Waals surface area contributed by atoms with Crippen molar-refractivity contribution in [1.29, 1.82) is 0 Å². The lowest BCUT2D eigenvalue weighted by Crippen LogP contribution is -2.20. The number of halogens is 1. The minimum atomic E-state index is -0.257. The van der Waals surface area contributed by atoms with Gasteiger partial charge in [0.05, 0.1) is 12.1 Å². The predicted octanol–water partition coefficient (Wildman–Crippen LogP) is 3.10. The van der Waals surface area contributed by atoms with Crippen LogP contribution in [0.1, 0.15) is 22.3 Å². The van der Waals surface area contributed by atoms with E-state index >= 15 is 0 Å². The van der Waals surface area contributed by atoms with Gasteiger partial charge in [-0.15, -0.1) is 11.3 Å². The van der Waals surface area contributed by atoms with Gasteiger partial charge < -0.3 is 10.1 Å². The molecule has 5 heteroatoms. The molecule has 2 rings (SSSR count). The van der Waals surface area contributed by atoms with Crippen LogP contribution >= 0.6 is 11.3 Å². The number of thiazole rings is 1. The quantitative estimate of drug-likeness (QED) is 0.914. The lowest BCUT2D eigenvalue weighted by Gasteiger charge is -2.16. The van der Waals surface area contributed by atoms with Gasteiger partial charge in [-0.2, -0.15) is 0 Å². The van der Waals surface area contributed by atoms with Crippen LogP contribution in [0.2, 0.25) is 0 Å².